The second-order valence-corrected chi connectivity index (χ2v) is 4.24. The molecule has 0 saturated carbocycles. The second-order valence-electron chi connectivity index (χ2n) is 4.24. The Morgan fingerprint density at radius 3 is 2.40 bits per heavy atom. The largest absolute Gasteiger partial charge is 0.508 e. The van der Waals surface area contributed by atoms with Crippen molar-refractivity contribution in [2.24, 2.45) is 0 Å². The van der Waals surface area contributed by atoms with Gasteiger partial charge < -0.3 is 5.11 Å². The molecule has 2 N–H and O–H groups in total. The summed E-state index contributed by atoms with van der Waals surface area (Å²) in [5, 5.41) is 15.0. The second kappa shape index (κ2) is 4.65. The molecule has 100 valence electrons. The van der Waals surface area contributed by atoms with E-state index in [1.807, 2.05) is 0 Å². The number of rotatable bonds is 2. The molecule has 0 saturated heterocycles. The molecular weight excluding hydrogens is 261 g/mol. The SMILES string of the molecule is O=c1[nH]ncn1-c1ccc(-c2ccc(O)cc2)cc1F. The number of nitrogens with one attached hydrogen (secondary N) is 1. The van der Waals surface area contributed by atoms with Crippen LogP contribution < -0.4 is 5.69 Å². The van der Waals surface area contributed by atoms with Crippen LogP contribution in [0.25, 0.3) is 16.8 Å². The van der Waals surface area contributed by atoms with Gasteiger partial charge in [0.2, 0.25) is 0 Å². The van der Waals surface area contributed by atoms with Crippen LogP contribution in [0.15, 0.2) is 53.6 Å². The molecule has 1 aromatic heterocycles. The third-order valence-electron chi connectivity index (χ3n) is 2.96. The molecule has 0 atom stereocenters. The van der Waals surface area contributed by atoms with Gasteiger partial charge in [-0.05, 0) is 35.4 Å². The zero-order chi connectivity index (χ0) is 14.1. The number of aromatic amines is 1. The molecular formula is C14H10FN3O2. The fourth-order valence-corrected chi connectivity index (χ4v) is 1.96. The summed E-state index contributed by atoms with van der Waals surface area (Å²) >= 11 is 0. The van der Waals surface area contributed by atoms with Gasteiger partial charge >= 0.3 is 5.69 Å². The Balaban J connectivity index is 2.06. The van der Waals surface area contributed by atoms with Gasteiger partial charge in [-0.3, -0.25) is 0 Å². The average Bonchev–Trinajstić information content (AvgIpc) is 2.86. The Bertz CT molecular complexity index is 806. The lowest BCUT2D eigenvalue weighted by atomic mass is 10.0. The van der Waals surface area contributed by atoms with E-state index in [0.29, 0.717) is 5.56 Å². The molecule has 3 aromatic rings. The van der Waals surface area contributed by atoms with Gasteiger partial charge in [-0.2, -0.15) is 5.10 Å². The van der Waals surface area contributed by atoms with Crippen LogP contribution in [-0.2, 0) is 0 Å². The van der Waals surface area contributed by atoms with Gasteiger partial charge in [-0.15, -0.1) is 0 Å². The molecule has 3 rings (SSSR count). The fraction of sp³-hybridized carbons (Fsp3) is 0. The summed E-state index contributed by atoms with van der Waals surface area (Å²) in [6.07, 6.45) is 1.22. The molecule has 0 radical (unpaired) electrons. The van der Waals surface area contributed by atoms with Crippen LogP contribution >= 0.6 is 0 Å². The number of aromatic hydroxyl groups is 1. The first-order valence-corrected chi connectivity index (χ1v) is 5.86. The number of benzene rings is 2. The molecule has 0 unspecified atom stereocenters. The molecule has 0 aliphatic carbocycles. The van der Waals surface area contributed by atoms with Crippen LogP contribution in [0.1, 0.15) is 0 Å². The highest BCUT2D eigenvalue weighted by molar-refractivity contribution is 5.65. The molecule has 0 aliphatic heterocycles. The number of H-pyrrole nitrogens is 1. The summed E-state index contributed by atoms with van der Waals surface area (Å²) in [6.45, 7) is 0. The number of halogens is 1. The lowest BCUT2D eigenvalue weighted by molar-refractivity contribution is 0.475. The quantitative estimate of drug-likeness (QED) is 0.749. The molecule has 0 aliphatic rings. The number of aromatic nitrogens is 3. The van der Waals surface area contributed by atoms with Gasteiger partial charge in [-0.1, -0.05) is 18.2 Å². The van der Waals surface area contributed by atoms with Crippen LogP contribution in [0.2, 0.25) is 0 Å². The van der Waals surface area contributed by atoms with E-state index >= 15 is 0 Å². The highest BCUT2D eigenvalue weighted by Gasteiger charge is 2.09. The van der Waals surface area contributed by atoms with Crippen molar-refractivity contribution < 1.29 is 9.50 Å². The molecule has 0 bridgehead atoms. The van der Waals surface area contributed by atoms with Gasteiger partial charge in [-0.25, -0.2) is 18.9 Å². The van der Waals surface area contributed by atoms with Crippen molar-refractivity contribution in [2.75, 3.05) is 0 Å². The van der Waals surface area contributed by atoms with Crippen LogP contribution in [0.3, 0.4) is 0 Å². The zero-order valence-electron chi connectivity index (χ0n) is 10.2. The maximum Gasteiger partial charge on any atom is 0.347 e. The average molecular weight is 271 g/mol. The molecule has 0 spiro atoms. The lowest BCUT2D eigenvalue weighted by Crippen LogP contribution is -2.15. The van der Waals surface area contributed by atoms with Crippen LogP contribution in [0.5, 0.6) is 5.75 Å². The molecule has 1 heterocycles. The highest BCUT2D eigenvalue weighted by Crippen LogP contribution is 2.24. The Labute approximate surface area is 112 Å². The standard InChI is InChI=1S/C14H10FN3O2/c15-12-7-10(9-1-4-11(19)5-2-9)3-6-13(12)18-8-16-17-14(18)20/h1-8,19H,(H,17,20). The van der Waals surface area contributed by atoms with Crippen molar-refractivity contribution in [1.82, 2.24) is 14.8 Å². The lowest BCUT2D eigenvalue weighted by Gasteiger charge is -2.06. The van der Waals surface area contributed by atoms with Gasteiger partial charge in [0.25, 0.3) is 0 Å². The van der Waals surface area contributed by atoms with Crippen molar-refractivity contribution in [2.45, 2.75) is 0 Å². The predicted octanol–water partition coefficient (Wildman–Crippen LogP) is 2.07. The molecule has 6 heteroatoms. The van der Waals surface area contributed by atoms with Crippen LogP contribution in [-0.4, -0.2) is 19.9 Å². The number of hydrogen-bond acceptors (Lipinski definition) is 3. The summed E-state index contributed by atoms with van der Waals surface area (Å²) < 4.78 is 15.2. The van der Waals surface area contributed by atoms with Gasteiger partial charge in [0.15, 0.2) is 0 Å². The Kier molecular flexibility index (Phi) is 2.83. The first-order chi connectivity index (χ1) is 9.65. The van der Waals surface area contributed by atoms with E-state index in [4.69, 9.17) is 0 Å². The van der Waals surface area contributed by atoms with E-state index in [0.717, 1.165) is 10.1 Å². The summed E-state index contributed by atoms with van der Waals surface area (Å²) in [7, 11) is 0. The maximum absolute atomic E-state index is 14.1. The number of nitrogens with zero attached hydrogens (tertiary/aromatic N) is 2. The van der Waals surface area contributed by atoms with E-state index in [2.05, 4.69) is 10.2 Å². The summed E-state index contributed by atoms with van der Waals surface area (Å²) in [5.41, 5.74) is 1.06. The molecule has 0 amide bonds. The van der Waals surface area contributed by atoms with Gasteiger partial charge in [0.05, 0.1) is 5.69 Å². The molecule has 20 heavy (non-hydrogen) atoms. The smallest absolute Gasteiger partial charge is 0.347 e. The van der Waals surface area contributed by atoms with E-state index in [-0.39, 0.29) is 11.4 Å². The zero-order valence-corrected chi connectivity index (χ0v) is 10.2. The highest BCUT2D eigenvalue weighted by atomic mass is 19.1. The minimum Gasteiger partial charge on any atom is -0.508 e. The number of hydrogen-bond donors (Lipinski definition) is 2. The van der Waals surface area contributed by atoms with Crippen molar-refractivity contribution in [3.8, 4) is 22.6 Å². The summed E-state index contributed by atoms with van der Waals surface area (Å²) in [5.74, 6) is -0.380. The van der Waals surface area contributed by atoms with Crippen LogP contribution in [0.4, 0.5) is 4.39 Å². The Morgan fingerprint density at radius 1 is 1.10 bits per heavy atom. The number of phenols is 1. The van der Waals surface area contributed by atoms with Crippen molar-refractivity contribution in [3.63, 3.8) is 0 Å². The predicted molar refractivity (Wildman–Crippen MR) is 71.2 cm³/mol. The third-order valence-corrected chi connectivity index (χ3v) is 2.96. The van der Waals surface area contributed by atoms with Crippen molar-refractivity contribution in [3.05, 3.63) is 65.1 Å². The van der Waals surface area contributed by atoms with Crippen molar-refractivity contribution >= 4 is 0 Å². The Hall–Kier alpha value is -2.89. The number of phenolic OH excluding ortho intramolecular Hbond substituents is 1. The maximum atomic E-state index is 14.1. The van der Waals surface area contributed by atoms with Crippen molar-refractivity contribution in [1.29, 1.82) is 0 Å². The van der Waals surface area contributed by atoms with E-state index in [1.165, 1.54) is 30.6 Å². The first-order valence-electron chi connectivity index (χ1n) is 5.86. The third kappa shape index (κ3) is 2.07. The van der Waals surface area contributed by atoms with E-state index in [1.54, 1.807) is 18.2 Å². The fourth-order valence-electron chi connectivity index (χ4n) is 1.96. The minimum atomic E-state index is -0.529. The first kappa shape index (κ1) is 12.2. The molecule has 5 nitrogen and oxygen atoms in total. The van der Waals surface area contributed by atoms with Gasteiger partial charge in [0.1, 0.15) is 17.9 Å². The topological polar surface area (TPSA) is 70.9 Å². The van der Waals surface area contributed by atoms with Crippen LogP contribution in [0, 0.1) is 5.82 Å². The summed E-state index contributed by atoms with van der Waals surface area (Å²) in [4.78, 5) is 11.4. The monoisotopic (exact) mass is 271 g/mol. The minimum absolute atomic E-state index is 0.131. The van der Waals surface area contributed by atoms with E-state index in [9.17, 15) is 14.3 Å². The molecule has 2 aromatic carbocycles. The normalized spacial score (nSPS) is 10.7. The summed E-state index contributed by atoms with van der Waals surface area (Å²) in [6, 6.07) is 11.0. The van der Waals surface area contributed by atoms with E-state index < -0.39 is 11.5 Å². The van der Waals surface area contributed by atoms with Gasteiger partial charge in [0, 0.05) is 0 Å². The molecule has 0 fully saturated rings. The Morgan fingerprint density at radius 2 is 1.80 bits per heavy atom.